The second-order valence-electron chi connectivity index (χ2n) is 7.87. The number of nitrogens with zero attached hydrogens (tertiary/aromatic N) is 3. The van der Waals surface area contributed by atoms with Gasteiger partial charge in [0.2, 0.25) is 5.91 Å². The lowest BCUT2D eigenvalue weighted by molar-refractivity contribution is -0.120. The van der Waals surface area contributed by atoms with Crippen LogP contribution >= 0.6 is 11.6 Å². The first-order chi connectivity index (χ1) is 16.0. The zero-order valence-electron chi connectivity index (χ0n) is 19.2. The van der Waals surface area contributed by atoms with Gasteiger partial charge in [0.1, 0.15) is 19.1 Å². The van der Waals surface area contributed by atoms with E-state index in [1.165, 1.54) is 0 Å². The Morgan fingerprint density at radius 3 is 2.55 bits per heavy atom. The van der Waals surface area contributed by atoms with Gasteiger partial charge in [-0.2, -0.15) is 0 Å². The van der Waals surface area contributed by atoms with Gasteiger partial charge in [-0.1, -0.05) is 61.0 Å². The van der Waals surface area contributed by atoms with Crippen molar-refractivity contribution in [1.29, 1.82) is 0 Å². The largest absolute Gasteiger partial charge is 0.361 e. The molecule has 4 rings (SSSR count). The number of carbonyl (C=O) groups is 1. The van der Waals surface area contributed by atoms with Gasteiger partial charge in [-0.15, -0.1) is 0 Å². The molecule has 0 aliphatic rings. The Bertz CT molecular complexity index is 1280. The molecule has 4 aromatic rings. The van der Waals surface area contributed by atoms with E-state index in [1.807, 2.05) is 79.1 Å². The van der Waals surface area contributed by atoms with Crippen molar-refractivity contribution in [1.82, 2.24) is 9.55 Å². The lowest BCUT2D eigenvalue weighted by Gasteiger charge is -2.27. The molecule has 0 aliphatic carbocycles. The normalized spacial score (nSPS) is 11.2. The number of para-hydroxylation sites is 3. The van der Waals surface area contributed by atoms with Gasteiger partial charge in [0.15, 0.2) is 0 Å². The molecule has 3 aromatic carbocycles. The van der Waals surface area contributed by atoms with Crippen LogP contribution in [-0.2, 0) is 22.5 Å². The number of benzene rings is 3. The number of aryl methyl sites for hydroxylation is 2. The molecule has 0 N–H and O–H groups in total. The summed E-state index contributed by atoms with van der Waals surface area (Å²) < 4.78 is 7.67. The van der Waals surface area contributed by atoms with Crippen molar-refractivity contribution in [2.24, 2.45) is 0 Å². The van der Waals surface area contributed by atoms with Gasteiger partial charge in [0, 0.05) is 12.2 Å². The quantitative estimate of drug-likeness (QED) is 0.291. The Hall–Kier alpha value is -3.15. The van der Waals surface area contributed by atoms with Crippen molar-refractivity contribution in [3.8, 4) is 11.4 Å². The second kappa shape index (κ2) is 10.2. The predicted octanol–water partition coefficient (Wildman–Crippen LogP) is 6.25. The van der Waals surface area contributed by atoms with E-state index in [4.69, 9.17) is 21.3 Å². The Kier molecular flexibility index (Phi) is 7.11. The molecule has 1 heterocycles. The Morgan fingerprint density at radius 2 is 1.79 bits per heavy atom. The maximum atomic E-state index is 13.8. The molecule has 0 spiro atoms. The second-order valence-corrected chi connectivity index (χ2v) is 8.28. The number of rotatable bonds is 8. The van der Waals surface area contributed by atoms with Crippen molar-refractivity contribution < 1.29 is 9.53 Å². The summed E-state index contributed by atoms with van der Waals surface area (Å²) in [4.78, 5) is 20.4. The van der Waals surface area contributed by atoms with E-state index in [-0.39, 0.29) is 19.2 Å². The molecule has 6 heteroatoms. The minimum Gasteiger partial charge on any atom is -0.361 e. The monoisotopic (exact) mass is 461 g/mol. The van der Waals surface area contributed by atoms with Crippen LogP contribution in [0.2, 0.25) is 5.02 Å². The number of halogens is 1. The average molecular weight is 462 g/mol. The van der Waals surface area contributed by atoms with Gasteiger partial charge < -0.3 is 9.30 Å². The van der Waals surface area contributed by atoms with E-state index in [0.717, 1.165) is 39.8 Å². The fraction of sp³-hybridized carbons (Fsp3) is 0.259. The van der Waals surface area contributed by atoms with Crippen LogP contribution in [0.5, 0.6) is 0 Å². The van der Waals surface area contributed by atoms with Crippen LogP contribution in [0.1, 0.15) is 25.0 Å². The Balaban J connectivity index is 1.80. The molecule has 1 amide bonds. The molecule has 0 radical (unpaired) electrons. The summed E-state index contributed by atoms with van der Waals surface area (Å²) in [6.45, 7) is 6.89. The standard InChI is InChI=1S/C27H28ClN3O2/c1-4-20-12-10-11-19(3)26(20)31(18-33-5-2)25(32)17-30-24-16-9-8-15-23(24)29-27(30)21-13-6-7-14-22(21)28/h6-16H,4-5,17-18H2,1-3H3. The topological polar surface area (TPSA) is 47.4 Å². The number of imidazole rings is 1. The molecule has 0 atom stereocenters. The molecule has 1 aromatic heterocycles. The number of amides is 1. The highest BCUT2D eigenvalue weighted by Gasteiger charge is 2.24. The molecule has 0 fully saturated rings. The highest BCUT2D eigenvalue weighted by molar-refractivity contribution is 6.33. The van der Waals surface area contributed by atoms with Crippen LogP contribution in [0.15, 0.2) is 66.7 Å². The van der Waals surface area contributed by atoms with Gasteiger partial charge >= 0.3 is 0 Å². The highest BCUT2D eigenvalue weighted by atomic mass is 35.5. The molecule has 33 heavy (non-hydrogen) atoms. The van der Waals surface area contributed by atoms with Crippen LogP contribution in [0.3, 0.4) is 0 Å². The van der Waals surface area contributed by atoms with Crippen molar-refractivity contribution in [3.05, 3.63) is 82.9 Å². The van der Waals surface area contributed by atoms with Gasteiger partial charge in [-0.3, -0.25) is 9.69 Å². The maximum absolute atomic E-state index is 13.8. The van der Waals surface area contributed by atoms with Gasteiger partial charge in [0.25, 0.3) is 0 Å². The molecule has 0 aliphatic heterocycles. The van der Waals surface area contributed by atoms with Gasteiger partial charge in [0.05, 0.1) is 21.7 Å². The number of ether oxygens (including phenoxy) is 1. The number of fused-ring (bicyclic) bond motifs is 1. The van der Waals surface area contributed by atoms with Crippen LogP contribution < -0.4 is 4.90 Å². The van der Waals surface area contributed by atoms with E-state index in [2.05, 4.69) is 13.0 Å². The zero-order valence-corrected chi connectivity index (χ0v) is 20.0. The third-order valence-corrected chi connectivity index (χ3v) is 6.09. The molecular formula is C27H28ClN3O2. The number of carbonyl (C=O) groups excluding carboxylic acids is 1. The average Bonchev–Trinajstić information content (AvgIpc) is 3.18. The van der Waals surface area contributed by atoms with Crippen LogP contribution in [-0.4, -0.2) is 28.8 Å². The van der Waals surface area contributed by atoms with E-state index in [0.29, 0.717) is 17.5 Å². The number of hydrogen-bond donors (Lipinski definition) is 0. The smallest absolute Gasteiger partial charge is 0.248 e. The first-order valence-electron chi connectivity index (χ1n) is 11.2. The number of anilines is 1. The first kappa shape index (κ1) is 23.0. The third-order valence-electron chi connectivity index (χ3n) is 5.76. The highest BCUT2D eigenvalue weighted by Crippen LogP contribution is 2.31. The lowest BCUT2D eigenvalue weighted by atomic mass is 10.0. The maximum Gasteiger partial charge on any atom is 0.248 e. The Morgan fingerprint density at radius 1 is 1.03 bits per heavy atom. The fourth-order valence-corrected chi connectivity index (χ4v) is 4.36. The van der Waals surface area contributed by atoms with Crippen LogP contribution in [0.4, 0.5) is 5.69 Å². The molecule has 5 nitrogen and oxygen atoms in total. The summed E-state index contributed by atoms with van der Waals surface area (Å²) in [5.41, 5.74) is 5.58. The van der Waals surface area contributed by atoms with Crippen LogP contribution in [0, 0.1) is 6.92 Å². The van der Waals surface area contributed by atoms with E-state index in [1.54, 1.807) is 4.90 Å². The number of aromatic nitrogens is 2. The third kappa shape index (κ3) is 4.65. The van der Waals surface area contributed by atoms with Crippen LogP contribution in [0.25, 0.3) is 22.4 Å². The SMILES string of the molecule is CCOCN(C(=O)Cn1c(-c2ccccc2Cl)nc2ccccc21)c1c(C)cccc1CC. The predicted molar refractivity (Wildman–Crippen MR) is 135 cm³/mol. The minimum absolute atomic E-state index is 0.0658. The summed E-state index contributed by atoms with van der Waals surface area (Å²) in [5, 5.41) is 0.597. The van der Waals surface area contributed by atoms with Crippen molar-refractivity contribution in [2.45, 2.75) is 33.7 Å². The zero-order chi connectivity index (χ0) is 23.4. The summed E-state index contributed by atoms with van der Waals surface area (Å²) in [6.07, 6.45) is 0.825. The van der Waals surface area contributed by atoms with Gasteiger partial charge in [-0.05, 0) is 55.7 Å². The summed E-state index contributed by atoms with van der Waals surface area (Å²) in [7, 11) is 0. The van der Waals surface area contributed by atoms with Gasteiger partial charge in [-0.25, -0.2) is 4.98 Å². The van der Waals surface area contributed by atoms with E-state index in [9.17, 15) is 4.79 Å². The number of hydrogen-bond acceptors (Lipinski definition) is 3. The molecule has 0 bridgehead atoms. The Labute approximate surface area is 199 Å². The molecule has 0 saturated carbocycles. The molecule has 0 unspecified atom stereocenters. The molecule has 0 saturated heterocycles. The summed E-state index contributed by atoms with van der Waals surface area (Å²) in [5.74, 6) is 0.607. The van der Waals surface area contributed by atoms with E-state index >= 15 is 0 Å². The summed E-state index contributed by atoms with van der Waals surface area (Å²) in [6, 6.07) is 21.5. The van der Waals surface area contributed by atoms with Crippen molar-refractivity contribution >= 4 is 34.2 Å². The first-order valence-corrected chi connectivity index (χ1v) is 11.6. The lowest BCUT2D eigenvalue weighted by Crippen LogP contribution is -2.37. The molecule has 170 valence electrons. The summed E-state index contributed by atoms with van der Waals surface area (Å²) >= 11 is 6.51. The minimum atomic E-state index is -0.0658. The van der Waals surface area contributed by atoms with E-state index < -0.39 is 0 Å². The fourth-order valence-electron chi connectivity index (χ4n) is 4.14. The van der Waals surface area contributed by atoms with Crippen molar-refractivity contribution in [2.75, 3.05) is 18.2 Å². The molecular weight excluding hydrogens is 434 g/mol. The van der Waals surface area contributed by atoms with Crippen molar-refractivity contribution in [3.63, 3.8) is 0 Å².